The minimum absolute atomic E-state index is 0.836. The number of hydrogen-bond acceptors (Lipinski definition) is 2. The summed E-state index contributed by atoms with van der Waals surface area (Å²) in [5, 5.41) is 3.13. The fourth-order valence-electron chi connectivity index (χ4n) is 1.24. The van der Waals surface area contributed by atoms with Gasteiger partial charge in [-0.05, 0) is 50.2 Å². The topological polar surface area (TPSA) is 38.0 Å². The highest BCUT2D eigenvalue weighted by atomic mass is 79.9. The molecule has 1 aromatic carbocycles. The molecule has 72 valence electrons. The van der Waals surface area contributed by atoms with E-state index in [0.29, 0.717) is 0 Å². The number of halogens is 1. The third-order valence-electron chi connectivity index (χ3n) is 1.94. The summed E-state index contributed by atoms with van der Waals surface area (Å²) >= 11 is 3.51. The molecule has 0 aliphatic carbocycles. The van der Waals surface area contributed by atoms with Gasteiger partial charge < -0.3 is 11.1 Å². The lowest BCUT2D eigenvalue weighted by atomic mass is 10.1. The molecule has 1 aromatic rings. The standard InChI is InChI=1S/C10H15BrN2/c1-13-6-2-3-8-7-9(12)4-5-10(8)11/h4-5,7,13H,2-3,6,12H2,1H3. The second-order valence-electron chi connectivity index (χ2n) is 3.06. The molecular weight excluding hydrogens is 228 g/mol. The monoisotopic (exact) mass is 242 g/mol. The Bertz CT molecular complexity index is 274. The van der Waals surface area contributed by atoms with Crippen LogP contribution in [0.5, 0.6) is 0 Å². The van der Waals surface area contributed by atoms with Gasteiger partial charge in [0.05, 0.1) is 0 Å². The van der Waals surface area contributed by atoms with Crippen LogP contribution < -0.4 is 11.1 Å². The molecule has 0 atom stereocenters. The van der Waals surface area contributed by atoms with Crippen molar-refractivity contribution in [3.63, 3.8) is 0 Å². The summed E-state index contributed by atoms with van der Waals surface area (Å²) in [6.07, 6.45) is 2.20. The van der Waals surface area contributed by atoms with Crippen molar-refractivity contribution in [1.29, 1.82) is 0 Å². The molecule has 0 radical (unpaired) electrons. The maximum Gasteiger partial charge on any atom is 0.0317 e. The van der Waals surface area contributed by atoms with Crippen molar-refractivity contribution >= 4 is 21.6 Å². The van der Waals surface area contributed by atoms with Gasteiger partial charge in [-0.25, -0.2) is 0 Å². The molecule has 3 heteroatoms. The summed E-state index contributed by atoms with van der Waals surface area (Å²) in [6, 6.07) is 5.94. The number of rotatable bonds is 4. The van der Waals surface area contributed by atoms with Gasteiger partial charge in [0.2, 0.25) is 0 Å². The molecule has 0 spiro atoms. The number of aryl methyl sites for hydroxylation is 1. The maximum absolute atomic E-state index is 5.70. The Hall–Kier alpha value is -0.540. The molecule has 2 nitrogen and oxygen atoms in total. The third-order valence-corrected chi connectivity index (χ3v) is 2.72. The van der Waals surface area contributed by atoms with Crippen LogP contribution in [0.2, 0.25) is 0 Å². The first kappa shape index (κ1) is 10.5. The second-order valence-corrected chi connectivity index (χ2v) is 3.91. The molecule has 0 bridgehead atoms. The maximum atomic E-state index is 5.70. The van der Waals surface area contributed by atoms with Crippen LogP contribution in [0.4, 0.5) is 5.69 Å². The van der Waals surface area contributed by atoms with E-state index in [9.17, 15) is 0 Å². The van der Waals surface area contributed by atoms with E-state index in [2.05, 4.69) is 21.2 Å². The van der Waals surface area contributed by atoms with Crippen molar-refractivity contribution in [2.45, 2.75) is 12.8 Å². The van der Waals surface area contributed by atoms with Crippen LogP contribution >= 0.6 is 15.9 Å². The van der Waals surface area contributed by atoms with E-state index in [4.69, 9.17) is 5.73 Å². The molecule has 0 aliphatic heterocycles. The fourth-order valence-corrected chi connectivity index (χ4v) is 1.69. The van der Waals surface area contributed by atoms with Crippen LogP contribution in [-0.2, 0) is 6.42 Å². The van der Waals surface area contributed by atoms with Gasteiger partial charge in [-0.3, -0.25) is 0 Å². The predicted octanol–water partition coefficient (Wildman–Crippen LogP) is 2.18. The van der Waals surface area contributed by atoms with Crippen molar-refractivity contribution < 1.29 is 0 Å². The van der Waals surface area contributed by atoms with E-state index in [1.807, 2.05) is 25.2 Å². The Morgan fingerprint density at radius 1 is 1.46 bits per heavy atom. The molecular formula is C10H15BrN2. The third kappa shape index (κ3) is 3.36. The summed E-state index contributed by atoms with van der Waals surface area (Å²) in [5.41, 5.74) is 7.82. The van der Waals surface area contributed by atoms with Crippen LogP contribution in [0.1, 0.15) is 12.0 Å². The molecule has 0 heterocycles. The first-order valence-electron chi connectivity index (χ1n) is 4.42. The zero-order valence-corrected chi connectivity index (χ0v) is 9.39. The van der Waals surface area contributed by atoms with E-state index in [-0.39, 0.29) is 0 Å². The van der Waals surface area contributed by atoms with E-state index in [1.54, 1.807) is 0 Å². The minimum atomic E-state index is 0.836. The predicted molar refractivity (Wildman–Crippen MR) is 60.8 cm³/mol. The molecule has 0 fully saturated rings. The Kier molecular flexibility index (Phi) is 4.25. The lowest BCUT2D eigenvalue weighted by molar-refractivity contribution is 0.724. The zero-order chi connectivity index (χ0) is 9.68. The average molecular weight is 243 g/mol. The van der Waals surface area contributed by atoms with E-state index in [1.165, 1.54) is 5.56 Å². The van der Waals surface area contributed by atoms with Crippen LogP contribution in [0.3, 0.4) is 0 Å². The summed E-state index contributed by atoms with van der Waals surface area (Å²) in [4.78, 5) is 0. The van der Waals surface area contributed by atoms with Crippen LogP contribution in [-0.4, -0.2) is 13.6 Å². The normalized spacial score (nSPS) is 10.3. The van der Waals surface area contributed by atoms with Gasteiger partial charge in [0, 0.05) is 10.2 Å². The smallest absolute Gasteiger partial charge is 0.0317 e. The molecule has 0 saturated heterocycles. The summed E-state index contributed by atoms with van der Waals surface area (Å²) < 4.78 is 1.15. The first-order valence-corrected chi connectivity index (χ1v) is 5.22. The number of anilines is 1. The Morgan fingerprint density at radius 2 is 2.23 bits per heavy atom. The van der Waals surface area contributed by atoms with Crippen molar-refractivity contribution in [2.24, 2.45) is 0 Å². The number of nitrogens with one attached hydrogen (secondary N) is 1. The SMILES string of the molecule is CNCCCc1cc(N)ccc1Br. The van der Waals surface area contributed by atoms with Gasteiger partial charge >= 0.3 is 0 Å². The molecule has 0 aliphatic rings. The molecule has 3 N–H and O–H groups in total. The summed E-state index contributed by atoms with van der Waals surface area (Å²) in [5.74, 6) is 0. The van der Waals surface area contributed by atoms with E-state index in [0.717, 1.165) is 29.5 Å². The van der Waals surface area contributed by atoms with Crippen LogP contribution in [0, 0.1) is 0 Å². The highest BCUT2D eigenvalue weighted by Crippen LogP contribution is 2.20. The Balaban J connectivity index is 2.59. The van der Waals surface area contributed by atoms with Crippen molar-refractivity contribution in [1.82, 2.24) is 5.32 Å². The largest absolute Gasteiger partial charge is 0.399 e. The van der Waals surface area contributed by atoms with E-state index < -0.39 is 0 Å². The number of benzene rings is 1. The molecule has 0 saturated carbocycles. The summed E-state index contributed by atoms with van der Waals surface area (Å²) in [7, 11) is 1.97. The lowest BCUT2D eigenvalue weighted by Gasteiger charge is -2.05. The molecule has 0 aromatic heterocycles. The Morgan fingerprint density at radius 3 is 2.92 bits per heavy atom. The van der Waals surface area contributed by atoms with E-state index >= 15 is 0 Å². The highest BCUT2D eigenvalue weighted by Gasteiger charge is 1.99. The zero-order valence-electron chi connectivity index (χ0n) is 7.81. The van der Waals surface area contributed by atoms with Crippen LogP contribution in [0.25, 0.3) is 0 Å². The molecule has 0 amide bonds. The Labute approximate surface area is 87.6 Å². The van der Waals surface area contributed by atoms with Gasteiger partial charge in [-0.2, -0.15) is 0 Å². The van der Waals surface area contributed by atoms with Crippen molar-refractivity contribution in [3.05, 3.63) is 28.2 Å². The lowest BCUT2D eigenvalue weighted by Crippen LogP contribution is -2.08. The quantitative estimate of drug-likeness (QED) is 0.628. The molecule has 0 unspecified atom stereocenters. The highest BCUT2D eigenvalue weighted by molar-refractivity contribution is 9.10. The van der Waals surface area contributed by atoms with Gasteiger partial charge in [0.1, 0.15) is 0 Å². The van der Waals surface area contributed by atoms with Gasteiger partial charge in [0.25, 0.3) is 0 Å². The fraction of sp³-hybridized carbons (Fsp3) is 0.400. The van der Waals surface area contributed by atoms with Crippen molar-refractivity contribution in [2.75, 3.05) is 19.3 Å². The number of hydrogen-bond donors (Lipinski definition) is 2. The number of nitrogens with two attached hydrogens (primary N) is 1. The number of nitrogen functional groups attached to an aromatic ring is 1. The average Bonchev–Trinajstić information content (AvgIpc) is 2.11. The van der Waals surface area contributed by atoms with Crippen molar-refractivity contribution in [3.8, 4) is 0 Å². The van der Waals surface area contributed by atoms with Gasteiger partial charge in [-0.1, -0.05) is 15.9 Å². The minimum Gasteiger partial charge on any atom is -0.399 e. The van der Waals surface area contributed by atoms with Crippen LogP contribution in [0.15, 0.2) is 22.7 Å². The van der Waals surface area contributed by atoms with Gasteiger partial charge in [-0.15, -0.1) is 0 Å². The summed E-state index contributed by atoms with van der Waals surface area (Å²) in [6.45, 7) is 1.04. The first-order chi connectivity index (χ1) is 6.24. The molecule has 1 rings (SSSR count). The second kappa shape index (κ2) is 5.25. The molecule has 13 heavy (non-hydrogen) atoms. The van der Waals surface area contributed by atoms with Gasteiger partial charge in [0.15, 0.2) is 0 Å².